The Bertz CT molecular complexity index is 2160. The molecule has 0 radical (unpaired) electrons. The van der Waals surface area contributed by atoms with Crippen molar-refractivity contribution >= 4 is 33.6 Å². The van der Waals surface area contributed by atoms with E-state index >= 15 is 0 Å². The Kier molecular flexibility index (Phi) is 7.49. The third-order valence-electron chi connectivity index (χ3n) is 8.71. The SMILES string of the molecule is Cn1ccc(C#Cc2cnc(O[C@H]3C[C@@H]([N+](=O)[O-])N(c4nc(C(F)F)nc5c4oc4cccc(F)c45)C3)c(N3CCOC4(COC4)C3)c2)n1. The van der Waals surface area contributed by atoms with Gasteiger partial charge in [0.25, 0.3) is 12.6 Å². The first-order valence-corrected chi connectivity index (χ1v) is 15.4. The lowest BCUT2D eigenvalue weighted by molar-refractivity contribution is -0.519. The molecule has 4 aromatic heterocycles. The fourth-order valence-corrected chi connectivity index (χ4v) is 6.39. The number of pyridine rings is 1. The maximum absolute atomic E-state index is 14.8. The van der Waals surface area contributed by atoms with E-state index in [9.17, 15) is 23.3 Å². The molecule has 3 saturated heterocycles. The fraction of sp³-hybridized carbons (Fsp3) is 0.375. The number of alkyl halides is 2. The number of ether oxygens (including phenoxy) is 3. The maximum atomic E-state index is 14.8. The molecule has 2 atom stereocenters. The molecule has 1 aromatic carbocycles. The van der Waals surface area contributed by atoms with Crippen molar-refractivity contribution in [3.05, 3.63) is 75.7 Å². The van der Waals surface area contributed by atoms with E-state index in [1.165, 1.54) is 17.0 Å². The predicted molar refractivity (Wildman–Crippen MR) is 167 cm³/mol. The third kappa shape index (κ3) is 5.62. The normalized spacial score (nSPS) is 20.2. The Labute approximate surface area is 275 Å². The van der Waals surface area contributed by atoms with Crippen LogP contribution in [0, 0.1) is 27.8 Å². The molecule has 7 heterocycles. The van der Waals surface area contributed by atoms with Crippen LogP contribution >= 0.6 is 0 Å². The molecular weight excluding hydrogens is 649 g/mol. The molecule has 3 fully saturated rings. The summed E-state index contributed by atoms with van der Waals surface area (Å²) in [5.41, 5.74) is 1.01. The second-order valence-electron chi connectivity index (χ2n) is 12.1. The van der Waals surface area contributed by atoms with Gasteiger partial charge in [0, 0.05) is 36.5 Å². The summed E-state index contributed by atoms with van der Waals surface area (Å²) in [5.74, 6) is 4.41. The van der Waals surface area contributed by atoms with E-state index in [4.69, 9.17) is 18.6 Å². The second kappa shape index (κ2) is 11.9. The number of halogens is 3. The molecule has 0 N–H and O–H groups in total. The lowest BCUT2D eigenvalue weighted by Crippen LogP contribution is -2.63. The number of aryl methyl sites for hydroxylation is 1. The minimum Gasteiger partial charge on any atom is -0.471 e. The molecule has 14 nitrogen and oxygen atoms in total. The highest BCUT2D eigenvalue weighted by atomic mass is 19.3. The number of fused-ring (bicyclic) bond motifs is 3. The minimum atomic E-state index is -3.13. The van der Waals surface area contributed by atoms with Gasteiger partial charge in [-0.15, -0.1) is 0 Å². The summed E-state index contributed by atoms with van der Waals surface area (Å²) in [6.45, 7) is 2.19. The smallest absolute Gasteiger partial charge is 0.297 e. The summed E-state index contributed by atoms with van der Waals surface area (Å²) in [6, 6.07) is 7.62. The summed E-state index contributed by atoms with van der Waals surface area (Å²) >= 11 is 0. The lowest BCUT2D eigenvalue weighted by Gasteiger charge is -2.48. The van der Waals surface area contributed by atoms with Crippen molar-refractivity contribution in [2.45, 2.75) is 30.7 Å². The van der Waals surface area contributed by atoms with Gasteiger partial charge in [0.05, 0.1) is 44.7 Å². The van der Waals surface area contributed by atoms with Crippen LogP contribution in [-0.4, -0.2) is 87.0 Å². The largest absolute Gasteiger partial charge is 0.471 e. The Morgan fingerprint density at radius 1 is 1.20 bits per heavy atom. The lowest BCUT2D eigenvalue weighted by atomic mass is 9.99. The van der Waals surface area contributed by atoms with Crippen LogP contribution < -0.4 is 14.5 Å². The highest BCUT2D eigenvalue weighted by molar-refractivity contribution is 6.06. The number of nitrogens with zero attached hydrogens (tertiary/aromatic N) is 8. The zero-order chi connectivity index (χ0) is 33.9. The standard InChI is InChI=1S/C32H27F3N8O6/c1-40-8-7-19(39-40)6-5-18-11-22(41-9-10-47-32(15-41)16-46-17-32)31(36-13-18)48-20-12-24(43(44)45)42(14-20)30-27-26(37-29(38-30)28(34)35)25-21(33)3-2-4-23(25)49-27/h2-4,7-8,11,13,20,24,28H,9-10,12,14-17H2,1H3/t20-,24+/m0/s1. The molecule has 49 heavy (non-hydrogen) atoms. The minimum absolute atomic E-state index is 0.0434. The average Bonchev–Trinajstić information content (AvgIpc) is 3.80. The highest BCUT2D eigenvalue weighted by Gasteiger charge is 2.46. The summed E-state index contributed by atoms with van der Waals surface area (Å²) in [6.07, 6.45) is -2.20. The zero-order valence-corrected chi connectivity index (χ0v) is 25.9. The predicted octanol–water partition coefficient (Wildman–Crippen LogP) is 3.85. The molecule has 0 amide bonds. The number of rotatable bonds is 6. The zero-order valence-electron chi connectivity index (χ0n) is 25.9. The van der Waals surface area contributed by atoms with E-state index in [2.05, 4.69) is 36.8 Å². The first-order valence-electron chi connectivity index (χ1n) is 15.4. The molecule has 5 aromatic rings. The number of morpholine rings is 1. The van der Waals surface area contributed by atoms with Crippen molar-refractivity contribution in [1.82, 2.24) is 24.7 Å². The van der Waals surface area contributed by atoms with Gasteiger partial charge >= 0.3 is 0 Å². The van der Waals surface area contributed by atoms with Crippen LogP contribution in [0.4, 0.5) is 24.7 Å². The molecule has 1 spiro atoms. The molecule has 252 valence electrons. The average molecular weight is 677 g/mol. The molecule has 3 aliphatic rings. The number of anilines is 2. The van der Waals surface area contributed by atoms with Gasteiger partial charge in [0.1, 0.15) is 40.0 Å². The van der Waals surface area contributed by atoms with Crippen molar-refractivity contribution in [2.75, 3.05) is 49.3 Å². The number of nitro groups is 1. The fourth-order valence-electron chi connectivity index (χ4n) is 6.39. The first-order chi connectivity index (χ1) is 23.7. The molecule has 3 aliphatic heterocycles. The summed E-state index contributed by atoms with van der Waals surface area (Å²) in [7, 11) is 1.80. The van der Waals surface area contributed by atoms with Crippen molar-refractivity contribution in [1.29, 1.82) is 0 Å². The molecule has 0 saturated carbocycles. The molecule has 0 aliphatic carbocycles. The molecule has 8 rings (SSSR count). The summed E-state index contributed by atoms with van der Waals surface area (Å²) in [4.78, 5) is 27.5. The van der Waals surface area contributed by atoms with E-state index in [0.717, 1.165) is 6.07 Å². The Balaban J connectivity index is 1.15. The third-order valence-corrected chi connectivity index (χ3v) is 8.71. The van der Waals surface area contributed by atoms with Gasteiger partial charge in [0.15, 0.2) is 17.2 Å². The first kappa shape index (κ1) is 30.8. The maximum Gasteiger partial charge on any atom is 0.297 e. The van der Waals surface area contributed by atoms with E-state index in [1.54, 1.807) is 30.2 Å². The van der Waals surface area contributed by atoms with Crippen LogP contribution in [0.1, 0.15) is 29.9 Å². The van der Waals surface area contributed by atoms with Crippen molar-refractivity contribution in [3.63, 3.8) is 0 Å². The van der Waals surface area contributed by atoms with Crippen LogP contribution in [0.15, 0.2) is 47.1 Å². The molecular formula is C32H27F3N8O6. The van der Waals surface area contributed by atoms with Crippen LogP contribution in [0.25, 0.3) is 22.1 Å². The number of furan rings is 1. The van der Waals surface area contributed by atoms with Gasteiger partial charge in [-0.3, -0.25) is 19.7 Å². The van der Waals surface area contributed by atoms with Gasteiger partial charge in [-0.05, 0) is 30.2 Å². The Morgan fingerprint density at radius 2 is 2.06 bits per heavy atom. The van der Waals surface area contributed by atoms with E-state index in [0.29, 0.717) is 49.9 Å². The van der Waals surface area contributed by atoms with Crippen molar-refractivity contribution < 1.29 is 36.7 Å². The topological polar surface area (TPSA) is 147 Å². The molecule has 0 bridgehead atoms. The van der Waals surface area contributed by atoms with E-state index in [-0.39, 0.29) is 46.7 Å². The van der Waals surface area contributed by atoms with Gasteiger partial charge in [-0.1, -0.05) is 12.0 Å². The second-order valence-corrected chi connectivity index (χ2v) is 12.1. The monoisotopic (exact) mass is 676 g/mol. The molecule has 17 heteroatoms. The van der Waals surface area contributed by atoms with E-state index < -0.39 is 40.9 Å². The van der Waals surface area contributed by atoms with Gasteiger partial charge < -0.3 is 23.5 Å². The Hall–Kier alpha value is -5.47. The highest BCUT2D eigenvalue weighted by Crippen LogP contribution is 2.40. The number of hydrogen-bond acceptors (Lipinski definition) is 12. The van der Waals surface area contributed by atoms with Crippen molar-refractivity contribution in [3.8, 4) is 17.7 Å². The quantitative estimate of drug-likeness (QED) is 0.146. The number of aromatic nitrogens is 5. The van der Waals surface area contributed by atoms with Crippen LogP contribution in [-0.2, 0) is 16.5 Å². The number of hydrogen-bond donors (Lipinski definition) is 0. The molecule has 0 unspecified atom stereocenters. The van der Waals surface area contributed by atoms with Crippen LogP contribution in [0.2, 0.25) is 0 Å². The van der Waals surface area contributed by atoms with Gasteiger partial charge in [-0.25, -0.2) is 28.1 Å². The van der Waals surface area contributed by atoms with E-state index in [1.807, 2.05) is 6.07 Å². The Morgan fingerprint density at radius 3 is 2.80 bits per heavy atom. The van der Waals surface area contributed by atoms with Crippen LogP contribution in [0.5, 0.6) is 5.88 Å². The summed E-state index contributed by atoms with van der Waals surface area (Å²) < 4.78 is 68.2. The van der Waals surface area contributed by atoms with Crippen molar-refractivity contribution in [2.24, 2.45) is 7.05 Å². The van der Waals surface area contributed by atoms with Gasteiger partial charge in [0.2, 0.25) is 5.88 Å². The summed E-state index contributed by atoms with van der Waals surface area (Å²) in [5, 5.41) is 16.5. The van der Waals surface area contributed by atoms with Crippen LogP contribution in [0.3, 0.4) is 0 Å². The van der Waals surface area contributed by atoms with Gasteiger partial charge in [-0.2, -0.15) is 5.10 Å². The number of benzene rings is 1.